The third kappa shape index (κ3) is 10.2. The summed E-state index contributed by atoms with van der Waals surface area (Å²) in [5, 5.41) is 32.1. The van der Waals surface area contributed by atoms with E-state index in [0.29, 0.717) is 33.8 Å². The SMILES string of the molecule is CN1CCc2cc(Cl)c(O)cc2[C@H]2c3ccccc3CC[C@@H]21.CN1CCc2cc(Cl)c(OC(=O)c3ccc([N+](=O)[O-])cc3)cc2[C@H]2c3ccccc3CC[C@@H]21.O=C(OCl)c1ccc([N+](=O)[O-])cc1. The van der Waals surface area contributed by atoms with Crippen LogP contribution in [0.3, 0.4) is 0 Å². The molecule has 1 N–H and O–H groups in total. The van der Waals surface area contributed by atoms with Crippen LogP contribution in [-0.4, -0.2) is 76.0 Å². The van der Waals surface area contributed by atoms with Crippen LogP contribution in [0.5, 0.6) is 11.5 Å². The Kier molecular flexibility index (Phi) is 14.8. The van der Waals surface area contributed by atoms with Crippen LogP contribution in [0.25, 0.3) is 0 Å². The van der Waals surface area contributed by atoms with E-state index in [9.17, 15) is 34.9 Å². The Labute approximate surface area is 408 Å². The summed E-state index contributed by atoms with van der Waals surface area (Å²) in [4.78, 5) is 48.5. The molecule has 350 valence electrons. The summed E-state index contributed by atoms with van der Waals surface area (Å²) >= 11 is 17.5. The minimum absolute atomic E-state index is 0.0826. The minimum Gasteiger partial charge on any atom is -0.506 e. The maximum atomic E-state index is 12.8. The number of carbonyl (C=O) groups is 2. The number of nitro groups is 2. The molecule has 6 aromatic rings. The van der Waals surface area contributed by atoms with Gasteiger partial charge in [0.05, 0.1) is 31.0 Å². The first-order valence-electron chi connectivity index (χ1n) is 22.2. The second-order valence-corrected chi connectivity index (χ2v) is 18.3. The Morgan fingerprint density at radius 3 is 1.50 bits per heavy atom. The molecule has 2 heterocycles. The molecule has 0 radical (unpaired) electrons. The van der Waals surface area contributed by atoms with Crippen molar-refractivity contribution in [2.24, 2.45) is 0 Å². The number of benzene rings is 6. The van der Waals surface area contributed by atoms with Crippen molar-refractivity contribution in [2.75, 3.05) is 27.2 Å². The Balaban J connectivity index is 0.000000153. The number of rotatable bonds is 5. The van der Waals surface area contributed by atoms with E-state index in [2.05, 4.69) is 76.7 Å². The summed E-state index contributed by atoms with van der Waals surface area (Å²) in [5.74, 6) is -0.325. The van der Waals surface area contributed by atoms with Crippen molar-refractivity contribution in [1.82, 2.24) is 9.80 Å². The van der Waals surface area contributed by atoms with Crippen LogP contribution in [0.4, 0.5) is 11.4 Å². The first kappa shape index (κ1) is 48.1. The number of likely N-dealkylation sites (N-methyl/N-ethyl adjacent to an activating group) is 2. The summed E-state index contributed by atoms with van der Waals surface area (Å²) in [6, 6.07) is 36.1. The molecule has 4 atom stereocenters. The van der Waals surface area contributed by atoms with Gasteiger partial charge in [0.15, 0.2) is 0 Å². The zero-order valence-corrected chi connectivity index (χ0v) is 39.4. The quantitative estimate of drug-likeness (QED) is 0.0756. The van der Waals surface area contributed by atoms with Crippen LogP contribution in [0.2, 0.25) is 10.0 Å². The Bertz CT molecular complexity index is 2880. The number of carbonyl (C=O) groups excluding carboxylic acids is 2. The Morgan fingerprint density at radius 2 is 1.03 bits per heavy atom. The summed E-state index contributed by atoms with van der Waals surface area (Å²) < 4.78 is 9.58. The van der Waals surface area contributed by atoms with Gasteiger partial charge in [-0.3, -0.25) is 20.2 Å². The molecule has 0 saturated carbocycles. The predicted molar refractivity (Wildman–Crippen MR) is 260 cm³/mol. The standard InChI is InChI=1S/C26H23ClN2O4.C19H20ClNO.C7H4ClNO4/c1-28-13-12-18-14-22(27)24(33-26(30)17-6-9-19(10-7-17)29(31)32)15-21(18)25-20-5-3-2-4-16(20)8-11-23(25)28;1-21-9-8-13-10-16(20)18(22)11-15(13)19-14-5-3-2-4-12(14)6-7-17(19)21;8-13-7(10)5-1-3-6(4-2-5)9(11)12/h2-7,9-10,14-15,23,25H,8,11-13H2,1H3;2-5,10-11,17,19,22H,6-9H2,1H3;1-4H/t23-,25+;17-,19+;/m00./s1. The van der Waals surface area contributed by atoms with E-state index >= 15 is 0 Å². The van der Waals surface area contributed by atoms with Crippen LogP contribution < -0.4 is 4.74 Å². The first-order chi connectivity index (χ1) is 32.7. The Morgan fingerprint density at radius 1 is 0.588 bits per heavy atom. The number of phenolic OH excluding ortho intramolecular Hbond substituents is 1. The van der Waals surface area contributed by atoms with E-state index in [-0.39, 0.29) is 34.2 Å². The van der Waals surface area contributed by atoms with Gasteiger partial charge in [0.1, 0.15) is 23.4 Å². The summed E-state index contributed by atoms with van der Waals surface area (Å²) in [7, 11) is 4.40. The Hall–Kier alpha value is -6.35. The molecule has 0 saturated heterocycles. The van der Waals surface area contributed by atoms with Gasteiger partial charge >= 0.3 is 11.9 Å². The van der Waals surface area contributed by atoms with Crippen LogP contribution in [0.15, 0.2) is 121 Å². The van der Waals surface area contributed by atoms with Crippen molar-refractivity contribution >= 4 is 58.4 Å². The highest BCUT2D eigenvalue weighted by molar-refractivity contribution is 6.32. The summed E-state index contributed by atoms with van der Waals surface area (Å²) in [5.41, 5.74) is 10.6. The lowest BCUT2D eigenvalue weighted by Crippen LogP contribution is -2.39. The molecule has 0 spiro atoms. The molecule has 13 nitrogen and oxygen atoms in total. The van der Waals surface area contributed by atoms with Gasteiger partial charge in [-0.2, -0.15) is 0 Å². The van der Waals surface area contributed by atoms with E-state index in [4.69, 9.17) is 39.8 Å². The molecule has 4 aliphatic rings. The highest BCUT2D eigenvalue weighted by Crippen LogP contribution is 2.46. The van der Waals surface area contributed by atoms with Crippen molar-refractivity contribution < 1.29 is 33.6 Å². The number of nitro benzene ring substituents is 2. The third-order valence-corrected chi connectivity index (χ3v) is 14.3. The van der Waals surface area contributed by atoms with Gasteiger partial charge in [0.2, 0.25) is 0 Å². The van der Waals surface area contributed by atoms with Crippen LogP contribution in [0, 0.1) is 20.2 Å². The van der Waals surface area contributed by atoms with E-state index in [1.807, 2.05) is 24.3 Å². The van der Waals surface area contributed by atoms with Gasteiger partial charge in [-0.25, -0.2) is 9.59 Å². The van der Waals surface area contributed by atoms with Gasteiger partial charge in [-0.05, 0) is 146 Å². The zero-order valence-electron chi connectivity index (χ0n) is 37.1. The number of aryl methyl sites for hydroxylation is 2. The van der Waals surface area contributed by atoms with Crippen molar-refractivity contribution in [1.29, 1.82) is 0 Å². The smallest absolute Gasteiger partial charge is 0.356 e. The number of phenols is 1. The van der Waals surface area contributed by atoms with E-state index in [1.165, 1.54) is 93.9 Å². The minimum atomic E-state index is -0.739. The average molecular weight is 978 g/mol. The van der Waals surface area contributed by atoms with Gasteiger partial charge in [0.25, 0.3) is 11.4 Å². The van der Waals surface area contributed by atoms with Crippen molar-refractivity contribution in [3.05, 3.63) is 207 Å². The lowest BCUT2D eigenvalue weighted by atomic mass is 9.74. The molecule has 2 aliphatic heterocycles. The fourth-order valence-corrected chi connectivity index (χ4v) is 10.6. The van der Waals surface area contributed by atoms with Crippen molar-refractivity contribution in [2.45, 2.75) is 62.4 Å². The molecule has 10 rings (SSSR count). The van der Waals surface area contributed by atoms with Crippen molar-refractivity contribution in [3.63, 3.8) is 0 Å². The zero-order chi connectivity index (χ0) is 48.2. The van der Waals surface area contributed by atoms with Crippen LogP contribution in [0.1, 0.15) is 89.9 Å². The van der Waals surface area contributed by atoms with Gasteiger partial charge < -0.3 is 23.9 Å². The number of non-ortho nitro benzene ring substituents is 2. The number of halogens is 3. The largest absolute Gasteiger partial charge is 0.506 e. The highest BCUT2D eigenvalue weighted by Gasteiger charge is 2.38. The molecule has 68 heavy (non-hydrogen) atoms. The fourth-order valence-electron chi connectivity index (χ4n) is 10.1. The predicted octanol–water partition coefficient (Wildman–Crippen LogP) is 11.3. The number of fused-ring (bicyclic) bond motifs is 10. The van der Waals surface area contributed by atoms with E-state index < -0.39 is 21.8 Å². The summed E-state index contributed by atoms with van der Waals surface area (Å²) in [6.07, 6.45) is 6.28. The van der Waals surface area contributed by atoms with Gasteiger partial charge in [-0.1, -0.05) is 71.7 Å². The molecule has 0 aromatic heterocycles. The lowest BCUT2D eigenvalue weighted by Gasteiger charge is -2.38. The lowest BCUT2D eigenvalue weighted by molar-refractivity contribution is -0.385. The number of hydrogen-bond acceptors (Lipinski definition) is 11. The molecule has 6 aromatic carbocycles. The number of esters is 1. The number of nitrogens with zero attached hydrogens (tertiary/aromatic N) is 4. The average Bonchev–Trinajstić information content (AvgIpc) is 3.58. The molecule has 16 heteroatoms. The molecular weight excluding hydrogens is 931 g/mol. The molecule has 0 fully saturated rings. The first-order valence-corrected chi connectivity index (χ1v) is 23.2. The topological polar surface area (TPSA) is 166 Å². The van der Waals surface area contributed by atoms with Gasteiger partial charge in [-0.15, -0.1) is 0 Å². The highest BCUT2D eigenvalue weighted by atomic mass is 35.5. The molecule has 0 amide bonds. The monoisotopic (exact) mass is 976 g/mol. The second-order valence-electron chi connectivity index (χ2n) is 17.4. The maximum absolute atomic E-state index is 12.8. The van der Waals surface area contributed by atoms with E-state index in [1.54, 1.807) is 0 Å². The van der Waals surface area contributed by atoms with Crippen molar-refractivity contribution in [3.8, 4) is 11.5 Å². The normalized spacial score (nSPS) is 19.1. The van der Waals surface area contributed by atoms with Gasteiger partial charge in [0, 0.05) is 61.3 Å². The summed E-state index contributed by atoms with van der Waals surface area (Å²) in [6.45, 7) is 1.98. The molecule has 2 aliphatic carbocycles. The second kappa shape index (κ2) is 20.9. The third-order valence-electron chi connectivity index (χ3n) is 13.5. The number of aromatic hydroxyl groups is 1. The molecule has 0 bridgehead atoms. The van der Waals surface area contributed by atoms with Crippen LogP contribution >= 0.6 is 35.1 Å². The van der Waals surface area contributed by atoms with E-state index in [0.717, 1.165) is 50.8 Å². The molecule has 0 unspecified atom stereocenters. The van der Waals surface area contributed by atoms with Crippen LogP contribution in [-0.2, 0) is 30.0 Å². The number of hydrogen-bond donors (Lipinski definition) is 1. The molecular formula is C52H47Cl3N4O9. The number of ether oxygens (including phenoxy) is 1. The maximum Gasteiger partial charge on any atom is 0.356 e. The fraction of sp³-hybridized carbons (Fsp3) is 0.269.